The number of thiazole rings is 1. The van der Waals surface area contributed by atoms with Gasteiger partial charge in [0.1, 0.15) is 6.10 Å². The van der Waals surface area contributed by atoms with E-state index >= 15 is 0 Å². The molecule has 21 heavy (non-hydrogen) atoms. The van der Waals surface area contributed by atoms with Crippen LogP contribution in [0.15, 0.2) is 41.9 Å². The third kappa shape index (κ3) is 4.97. The second kappa shape index (κ2) is 7.51. The number of primary amides is 1. The molecule has 0 aliphatic rings. The Kier molecular flexibility index (Phi) is 5.42. The highest BCUT2D eigenvalue weighted by atomic mass is 32.1. The van der Waals surface area contributed by atoms with Crippen molar-refractivity contribution >= 4 is 28.3 Å². The summed E-state index contributed by atoms with van der Waals surface area (Å²) in [5.41, 5.74) is 6.12. The van der Waals surface area contributed by atoms with Gasteiger partial charge in [-0.25, -0.2) is 4.98 Å². The van der Waals surface area contributed by atoms with E-state index in [1.165, 1.54) is 11.3 Å². The molecule has 2 rings (SSSR count). The van der Waals surface area contributed by atoms with Crippen molar-refractivity contribution < 1.29 is 14.3 Å². The molecule has 2 amide bonds. The summed E-state index contributed by atoms with van der Waals surface area (Å²) in [4.78, 5) is 27.0. The monoisotopic (exact) mass is 304 g/mol. The highest BCUT2D eigenvalue weighted by Crippen LogP contribution is 2.12. The Morgan fingerprint density at radius 3 is 2.76 bits per heavy atom. The molecule has 3 N–H and O–H groups in total. The predicted octanol–water partition coefficient (Wildman–Crippen LogP) is 1.36. The van der Waals surface area contributed by atoms with Crippen LogP contribution in [0.5, 0.6) is 0 Å². The first-order valence-corrected chi connectivity index (χ1v) is 7.03. The van der Waals surface area contributed by atoms with Crippen molar-refractivity contribution in [1.29, 1.82) is 0 Å². The Morgan fingerprint density at radius 1 is 1.38 bits per heavy atom. The summed E-state index contributed by atoms with van der Waals surface area (Å²) in [5.74, 6) is -1.21. The maximum Gasteiger partial charge on any atom is 0.247 e. The molecule has 6 nitrogen and oxygen atoms in total. The molecular weight excluding hydrogens is 290 g/mol. The molecule has 1 aromatic heterocycles. The summed E-state index contributed by atoms with van der Waals surface area (Å²) in [6, 6.07) is 9.30. The van der Waals surface area contributed by atoms with Crippen LogP contribution in [0.1, 0.15) is 5.56 Å². The molecule has 1 aromatic carbocycles. The van der Waals surface area contributed by atoms with Gasteiger partial charge in [-0.1, -0.05) is 30.3 Å². The number of ether oxygens (including phenoxy) is 1. The normalized spacial score (nSPS) is 11.8. The maximum absolute atomic E-state index is 11.7. The summed E-state index contributed by atoms with van der Waals surface area (Å²) in [6.45, 7) is 0.190. The molecule has 0 fully saturated rings. The van der Waals surface area contributed by atoms with Gasteiger partial charge in [-0.15, -0.1) is 11.3 Å². The Labute approximate surface area is 125 Å². The topological polar surface area (TPSA) is 94.3 Å². The van der Waals surface area contributed by atoms with Crippen LogP contribution < -0.4 is 11.1 Å². The Balaban J connectivity index is 1.87. The van der Waals surface area contributed by atoms with Crippen LogP contribution in [0.4, 0.5) is 5.13 Å². The Bertz CT molecular complexity index is 587. The van der Waals surface area contributed by atoms with Gasteiger partial charge in [0, 0.05) is 11.6 Å². The Hall–Kier alpha value is -2.25. The quantitative estimate of drug-likeness (QED) is 0.807. The van der Waals surface area contributed by atoms with Gasteiger partial charge < -0.3 is 15.8 Å². The van der Waals surface area contributed by atoms with Crippen molar-refractivity contribution in [3.05, 3.63) is 53.9 Å². The number of hydrogen-bond acceptors (Lipinski definition) is 5. The van der Waals surface area contributed by atoms with Gasteiger partial charge in [-0.05, 0) is 5.56 Å². The highest BCUT2D eigenvalue weighted by Gasteiger charge is 2.21. The number of aromatic nitrogens is 1. The lowest BCUT2D eigenvalue weighted by molar-refractivity contribution is -0.130. The smallest absolute Gasteiger partial charge is 0.247 e. The molecule has 1 radical (unpaired) electrons. The molecule has 0 bridgehead atoms. The number of benzene rings is 1. The fourth-order valence-electron chi connectivity index (χ4n) is 1.54. The van der Waals surface area contributed by atoms with Crippen LogP contribution >= 0.6 is 11.3 Å². The number of rotatable bonds is 7. The number of nitrogens with zero attached hydrogens (tertiary/aromatic N) is 1. The number of anilines is 1. The number of hydrogen-bond donors (Lipinski definition) is 2. The van der Waals surface area contributed by atoms with E-state index in [1.54, 1.807) is 11.6 Å². The third-order valence-corrected chi connectivity index (χ3v) is 3.21. The summed E-state index contributed by atoms with van der Waals surface area (Å²) < 4.78 is 5.37. The van der Waals surface area contributed by atoms with Gasteiger partial charge in [-0.3, -0.25) is 9.59 Å². The molecule has 1 heterocycles. The zero-order valence-electron chi connectivity index (χ0n) is 11.1. The third-order valence-electron chi connectivity index (χ3n) is 2.52. The van der Waals surface area contributed by atoms with Crippen molar-refractivity contribution in [3.63, 3.8) is 0 Å². The fraction of sp³-hybridized carbons (Fsp3) is 0.143. The number of carbonyl (C=O) groups is 2. The van der Waals surface area contributed by atoms with Gasteiger partial charge >= 0.3 is 0 Å². The maximum atomic E-state index is 11.7. The number of nitrogens with two attached hydrogens (primary N) is 1. The minimum atomic E-state index is -1.09. The molecule has 0 saturated heterocycles. The minimum Gasteiger partial charge on any atom is -0.367 e. The van der Waals surface area contributed by atoms with Crippen LogP contribution in [0.2, 0.25) is 0 Å². The summed E-state index contributed by atoms with van der Waals surface area (Å²) in [6.07, 6.45) is 1.58. The van der Waals surface area contributed by atoms with Crippen LogP contribution in [0.25, 0.3) is 0 Å². The second-order valence-corrected chi connectivity index (χ2v) is 5.01. The van der Waals surface area contributed by atoms with E-state index in [0.29, 0.717) is 5.13 Å². The first-order valence-electron chi connectivity index (χ1n) is 6.15. The van der Waals surface area contributed by atoms with Crippen LogP contribution in [-0.2, 0) is 20.9 Å². The van der Waals surface area contributed by atoms with Crippen LogP contribution in [-0.4, -0.2) is 22.9 Å². The molecular formula is C14H14N3O3S. The molecule has 2 aromatic rings. The first-order chi connectivity index (χ1) is 10.1. The molecule has 109 valence electrons. The van der Waals surface area contributed by atoms with Gasteiger partial charge in [-0.2, -0.15) is 0 Å². The first kappa shape index (κ1) is 15.1. The fourth-order valence-corrected chi connectivity index (χ4v) is 2.07. The van der Waals surface area contributed by atoms with E-state index in [2.05, 4.69) is 10.3 Å². The van der Waals surface area contributed by atoms with E-state index in [-0.39, 0.29) is 6.61 Å². The zero-order valence-corrected chi connectivity index (χ0v) is 11.9. The summed E-state index contributed by atoms with van der Waals surface area (Å²) >= 11 is 1.28. The molecule has 0 aliphatic heterocycles. The van der Waals surface area contributed by atoms with E-state index in [4.69, 9.17) is 10.5 Å². The van der Waals surface area contributed by atoms with Gasteiger partial charge in [0.15, 0.2) is 5.13 Å². The van der Waals surface area contributed by atoms with Crippen molar-refractivity contribution in [2.45, 2.75) is 12.7 Å². The lowest BCUT2D eigenvalue weighted by Gasteiger charge is -2.13. The summed E-state index contributed by atoms with van der Waals surface area (Å²) in [7, 11) is 0. The van der Waals surface area contributed by atoms with E-state index in [9.17, 15) is 9.59 Å². The van der Waals surface area contributed by atoms with E-state index < -0.39 is 17.9 Å². The minimum absolute atomic E-state index is 0.190. The van der Waals surface area contributed by atoms with Crippen LogP contribution in [0, 0.1) is 6.42 Å². The number of carbonyl (C=O) groups excluding carboxylic acids is 2. The van der Waals surface area contributed by atoms with Gasteiger partial charge in [0.2, 0.25) is 11.8 Å². The second-order valence-electron chi connectivity index (χ2n) is 4.11. The molecule has 0 saturated carbocycles. The summed E-state index contributed by atoms with van der Waals surface area (Å²) in [5, 5.41) is 4.71. The Morgan fingerprint density at radius 2 is 2.14 bits per heavy atom. The van der Waals surface area contributed by atoms with Gasteiger partial charge in [0.05, 0.1) is 13.0 Å². The zero-order chi connectivity index (χ0) is 15.1. The predicted molar refractivity (Wildman–Crippen MR) is 79.3 cm³/mol. The SMILES string of the molecule is NC(=O)[C@@H]([CH]C(=O)Nc1nccs1)OCc1ccccc1. The highest BCUT2D eigenvalue weighted by molar-refractivity contribution is 7.13. The average Bonchev–Trinajstić information content (AvgIpc) is 2.97. The van der Waals surface area contributed by atoms with Crippen molar-refractivity contribution in [2.75, 3.05) is 5.32 Å². The molecule has 0 spiro atoms. The van der Waals surface area contributed by atoms with Crippen molar-refractivity contribution in [2.24, 2.45) is 5.73 Å². The molecule has 0 unspecified atom stereocenters. The standard InChI is InChI=1S/C14H14N3O3S/c15-13(19)11(20-9-10-4-2-1-3-5-10)8-12(18)17-14-16-6-7-21-14/h1-8,11H,9H2,(H2,15,19)(H,16,17,18)/t11-/m1/s1. The lowest BCUT2D eigenvalue weighted by atomic mass is 10.2. The van der Waals surface area contributed by atoms with Gasteiger partial charge in [0.25, 0.3) is 0 Å². The molecule has 1 atom stereocenters. The van der Waals surface area contributed by atoms with Crippen LogP contribution in [0.3, 0.4) is 0 Å². The number of nitrogens with one attached hydrogen (secondary N) is 1. The molecule has 0 aliphatic carbocycles. The lowest BCUT2D eigenvalue weighted by Crippen LogP contribution is -2.35. The van der Waals surface area contributed by atoms with Crippen molar-refractivity contribution in [1.82, 2.24) is 4.98 Å². The van der Waals surface area contributed by atoms with E-state index in [0.717, 1.165) is 12.0 Å². The largest absolute Gasteiger partial charge is 0.367 e. The van der Waals surface area contributed by atoms with E-state index in [1.807, 2.05) is 30.3 Å². The number of amides is 2. The average molecular weight is 304 g/mol. The van der Waals surface area contributed by atoms with Crippen molar-refractivity contribution in [3.8, 4) is 0 Å². The molecule has 7 heteroatoms.